The summed E-state index contributed by atoms with van der Waals surface area (Å²) >= 11 is 0. The van der Waals surface area contributed by atoms with Gasteiger partial charge in [-0.2, -0.15) is 0 Å². The SMILES string of the molecule is CCCNC(=O)c1cccc(C(=O)N2CCN(c3cccc(C)c3C)CC2)c1. The van der Waals surface area contributed by atoms with Gasteiger partial charge in [-0.15, -0.1) is 0 Å². The molecule has 2 aromatic carbocycles. The van der Waals surface area contributed by atoms with Gasteiger partial charge in [0.1, 0.15) is 0 Å². The molecule has 0 aliphatic carbocycles. The average Bonchev–Trinajstić information content (AvgIpc) is 2.73. The zero-order chi connectivity index (χ0) is 20.1. The number of carbonyl (C=O) groups excluding carboxylic acids is 2. The summed E-state index contributed by atoms with van der Waals surface area (Å²) in [5.41, 5.74) is 4.95. The van der Waals surface area contributed by atoms with Crippen LogP contribution in [0.1, 0.15) is 45.2 Å². The van der Waals surface area contributed by atoms with Gasteiger partial charge in [0, 0.05) is 49.5 Å². The number of anilines is 1. The minimum atomic E-state index is -0.128. The molecular weight excluding hydrogens is 350 g/mol. The van der Waals surface area contributed by atoms with Gasteiger partial charge in [0.2, 0.25) is 0 Å². The van der Waals surface area contributed by atoms with Gasteiger partial charge >= 0.3 is 0 Å². The maximum Gasteiger partial charge on any atom is 0.253 e. The predicted octanol–water partition coefficient (Wildman–Crippen LogP) is 3.41. The number of aryl methyl sites for hydroxylation is 1. The molecule has 1 aliphatic heterocycles. The number of hydrogen-bond acceptors (Lipinski definition) is 3. The second-order valence-corrected chi connectivity index (χ2v) is 7.33. The summed E-state index contributed by atoms with van der Waals surface area (Å²) in [6.07, 6.45) is 0.884. The minimum absolute atomic E-state index is 0.00856. The van der Waals surface area contributed by atoms with E-state index in [9.17, 15) is 9.59 Å². The van der Waals surface area contributed by atoms with Crippen LogP contribution in [-0.4, -0.2) is 49.4 Å². The van der Waals surface area contributed by atoms with E-state index in [4.69, 9.17) is 0 Å². The summed E-state index contributed by atoms with van der Waals surface area (Å²) in [6, 6.07) is 13.4. The lowest BCUT2D eigenvalue weighted by atomic mass is 10.1. The molecule has 0 saturated carbocycles. The van der Waals surface area contributed by atoms with Crippen molar-refractivity contribution in [3.63, 3.8) is 0 Å². The van der Waals surface area contributed by atoms with E-state index in [0.29, 0.717) is 30.8 Å². The third kappa shape index (κ3) is 4.35. The van der Waals surface area contributed by atoms with Crippen molar-refractivity contribution in [2.75, 3.05) is 37.6 Å². The quantitative estimate of drug-likeness (QED) is 0.866. The average molecular weight is 380 g/mol. The van der Waals surface area contributed by atoms with E-state index in [-0.39, 0.29) is 11.8 Å². The van der Waals surface area contributed by atoms with Crippen molar-refractivity contribution in [3.8, 4) is 0 Å². The Kier molecular flexibility index (Phi) is 6.34. The Hall–Kier alpha value is -2.82. The van der Waals surface area contributed by atoms with E-state index in [1.54, 1.807) is 24.3 Å². The number of piperazine rings is 1. The molecule has 0 spiro atoms. The zero-order valence-corrected chi connectivity index (χ0v) is 17.0. The lowest BCUT2D eigenvalue weighted by Gasteiger charge is -2.37. The maximum atomic E-state index is 12.9. The van der Waals surface area contributed by atoms with Crippen molar-refractivity contribution >= 4 is 17.5 Å². The first-order valence-corrected chi connectivity index (χ1v) is 10.00. The van der Waals surface area contributed by atoms with E-state index >= 15 is 0 Å². The van der Waals surface area contributed by atoms with Crippen LogP contribution < -0.4 is 10.2 Å². The highest BCUT2D eigenvalue weighted by Crippen LogP contribution is 2.24. The van der Waals surface area contributed by atoms with Crippen LogP contribution in [0.25, 0.3) is 0 Å². The molecule has 0 unspecified atom stereocenters. The Morgan fingerprint density at radius 3 is 2.36 bits per heavy atom. The van der Waals surface area contributed by atoms with Crippen LogP contribution in [0.15, 0.2) is 42.5 Å². The van der Waals surface area contributed by atoms with Gasteiger partial charge in [-0.05, 0) is 55.7 Å². The largest absolute Gasteiger partial charge is 0.368 e. The predicted molar refractivity (Wildman–Crippen MR) is 113 cm³/mol. The molecule has 2 amide bonds. The summed E-state index contributed by atoms with van der Waals surface area (Å²) in [7, 11) is 0. The summed E-state index contributed by atoms with van der Waals surface area (Å²) < 4.78 is 0. The molecule has 1 saturated heterocycles. The van der Waals surface area contributed by atoms with Gasteiger partial charge in [-0.1, -0.05) is 25.1 Å². The minimum Gasteiger partial charge on any atom is -0.368 e. The molecule has 0 bridgehead atoms. The van der Waals surface area contributed by atoms with Crippen LogP contribution >= 0.6 is 0 Å². The van der Waals surface area contributed by atoms with Crippen LogP contribution in [-0.2, 0) is 0 Å². The lowest BCUT2D eigenvalue weighted by Crippen LogP contribution is -2.49. The summed E-state index contributed by atoms with van der Waals surface area (Å²) in [6.45, 7) is 9.91. The highest BCUT2D eigenvalue weighted by Gasteiger charge is 2.23. The second kappa shape index (κ2) is 8.91. The molecule has 5 nitrogen and oxygen atoms in total. The van der Waals surface area contributed by atoms with Crippen molar-refractivity contribution in [3.05, 3.63) is 64.7 Å². The number of hydrogen-bond donors (Lipinski definition) is 1. The maximum absolute atomic E-state index is 12.9. The van der Waals surface area contributed by atoms with Gasteiger partial charge in [0.25, 0.3) is 11.8 Å². The van der Waals surface area contributed by atoms with Gasteiger partial charge in [-0.25, -0.2) is 0 Å². The molecule has 5 heteroatoms. The normalized spacial score (nSPS) is 14.1. The van der Waals surface area contributed by atoms with Crippen LogP contribution in [0.2, 0.25) is 0 Å². The Bertz CT molecular complexity index is 855. The van der Waals surface area contributed by atoms with Crippen molar-refractivity contribution in [2.24, 2.45) is 0 Å². The summed E-state index contributed by atoms with van der Waals surface area (Å²) in [5.74, 6) is -0.137. The highest BCUT2D eigenvalue weighted by molar-refractivity contribution is 5.99. The highest BCUT2D eigenvalue weighted by atomic mass is 16.2. The number of carbonyl (C=O) groups is 2. The molecule has 1 N–H and O–H groups in total. The fourth-order valence-corrected chi connectivity index (χ4v) is 3.55. The monoisotopic (exact) mass is 379 g/mol. The van der Waals surface area contributed by atoms with Crippen LogP contribution in [0.5, 0.6) is 0 Å². The Morgan fingerprint density at radius 1 is 0.964 bits per heavy atom. The molecule has 1 heterocycles. The molecule has 0 radical (unpaired) electrons. The van der Waals surface area contributed by atoms with Gasteiger partial charge in [0.15, 0.2) is 0 Å². The van der Waals surface area contributed by atoms with Crippen LogP contribution in [0.4, 0.5) is 5.69 Å². The molecule has 0 atom stereocenters. The smallest absolute Gasteiger partial charge is 0.253 e. The Balaban J connectivity index is 1.65. The molecule has 1 fully saturated rings. The molecule has 28 heavy (non-hydrogen) atoms. The summed E-state index contributed by atoms with van der Waals surface area (Å²) in [4.78, 5) is 29.3. The number of rotatable bonds is 5. The molecule has 3 rings (SSSR count). The van der Waals surface area contributed by atoms with Crippen molar-refractivity contribution < 1.29 is 9.59 Å². The molecule has 2 aromatic rings. The standard InChI is InChI=1S/C23H29N3O2/c1-4-11-24-22(27)19-8-6-9-20(16-19)23(28)26-14-12-25(13-15-26)21-10-5-7-17(2)18(21)3/h5-10,16H,4,11-15H2,1-3H3,(H,24,27). The first-order chi connectivity index (χ1) is 13.5. The fourth-order valence-electron chi connectivity index (χ4n) is 3.55. The van der Waals surface area contributed by atoms with Crippen molar-refractivity contribution in [1.29, 1.82) is 0 Å². The van der Waals surface area contributed by atoms with E-state index < -0.39 is 0 Å². The third-order valence-electron chi connectivity index (χ3n) is 5.39. The molecule has 1 aliphatic rings. The van der Waals surface area contributed by atoms with Gasteiger partial charge in [-0.3, -0.25) is 9.59 Å². The topological polar surface area (TPSA) is 52.7 Å². The molecule has 148 valence electrons. The fraction of sp³-hybridized carbons (Fsp3) is 0.391. The van der Waals surface area contributed by atoms with E-state index in [1.165, 1.54) is 16.8 Å². The number of nitrogens with one attached hydrogen (secondary N) is 1. The van der Waals surface area contributed by atoms with Gasteiger partial charge in [0.05, 0.1) is 0 Å². The second-order valence-electron chi connectivity index (χ2n) is 7.33. The first-order valence-electron chi connectivity index (χ1n) is 10.00. The Morgan fingerprint density at radius 2 is 1.64 bits per heavy atom. The third-order valence-corrected chi connectivity index (χ3v) is 5.39. The Labute approximate surface area is 167 Å². The summed E-state index contributed by atoms with van der Waals surface area (Å²) in [5, 5.41) is 2.86. The van der Waals surface area contributed by atoms with E-state index in [1.807, 2.05) is 11.8 Å². The molecular formula is C23H29N3O2. The zero-order valence-electron chi connectivity index (χ0n) is 17.0. The lowest BCUT2D eigenvalue weighted by molar-refractivity contribution is 0.0746. The number of nitrogens with zero attached hydrogens (tertiary/aromatic N) is 2. The van der Waals surface area contributed by atoms with Crippen molar-refractivity contribution in [2.45, 2.75) is 27.2 Å². The van der Waals surface area contributed by atoms with Crippen molar-refractivity contribution in [1.82, 2.24) is 10.2 Å². The number of benzene rings is 2. The first kappa shape index (κ1) is 19.9. The van der Waals surface area contributed by atoms with Gasteiger partial charge < -0.3 is 15.1 Å². The van der Waals surface area contributed by atoms with E-state index in [0.717, 1.165) is 19.5 Å². The molecule has 0 aromatic heterocycles. The number of amides is 2. The van der Waals surface area contributed by atoms with E-state index in [2.05, 4.69) is 42.3 Å². The van der Waals surface area contributed by atoms with Crippen LogP contribution in [0, 0.1) is 13.8 Å². The van der Waals surface area contributed by atoms with Crippen LogP contribution in [0.3, 0.4) is 0 Å².